The fraction of sp³-hybridized carbons (Fsp3) is 0.294. The van der Waals surface area contributed by atoms with Gasteiger partial charge in [0, 0.05) is 15.8 Å². The van der Waals surface area contributed by atoms with Gasteiger partial charge >= 0.3 is 5.97 Å². The molecule has 2 rings (SSSR count). The van der Waals surface area contributed by atoms with Crippen LogP contribution >= 0.6 is 11.8 Å². The fourth-order valence-corrected chi connectivity index (χ4v) is 2.93. The van der Waals surface area contributed by atoms with E-state index in [1.807, 2.05) is 25.1 Å². The molecule has 7 heteroatoms. The summed E-state index contributed by atoms with van der Waals surface area (Å²) in [5.74, 6) is -1.61. The van der Waals surface area contributed by atoms with E-state index in [2.05, 4.69) is 29.1 Å². The molecule has 24 heavy (non-hydrogen) atoms. The Kier molecular flexibility index (Phi) is 5.92. The first kappa shape index (κ1) is 17.9. The van der Waals surface area contributed by atoms with Gasteiger partial charge in [-0.15, -0.1) is 11.8 Å². The fourth-order valence-electron chi connectivity index (χ4n) is 1.91. The number of carboxylic acids is 1. The van der Waals surface area contributed by atoms with Crippen LogP contribution in [0.2, 0.25) is 0 Å². The van der Waals surface area contributed by atoms with Crippen molar-refractivity contribution in [1.29, 1.82) is 0 Å². The third-order valence-electron chi connectivity index (χ3n) is 3.46. The van der Waals surface area contributed by atoms with Gasteiger partial charge in [0.1, 0.15) is 5.69 Å². The number of carboxylic acid groups (broad SMARTS) is 1. The van der Waals surface area contributed by atoms with Gasteiger partial charge in [-0.3, -0.25) is 4.79 Å². The number of nitrogens with one attached hydrogen (secondary N) is 1. The van der Waals surface area contributed by atoms with Crippen molar-refractivity contribution in [3.63, 3.8) is 0 Å². The van der Waals surface area contributed by atoms with Gasteiger partial charge < -0.3 is 10.4 Å². The van der Waals surface area contributed by atoms with Gasteiger partial charge in [0.15, 0.2) is 5.69 Å². The normalized spacial score (nSPS) is 11.8. The first-order valence-corrected chi connectivity index (χ1v) is 8.42. The van der Waals surface area contributed by atoms with Crippen molar-refractivity contribution in [2.75, 3.05) is 5.32 Å². The summed E-state index contributed by atoms with van der Waals surface area (Å²) < 4.78 is 0. The van der Waals surface area contributed by atoms with Crippen LogP contribution in [0.3, 0.4) is 0 Å². The number of aryl methyl sites for hydroxylation is 1. The van der Waals surface area contributed by atoms with Crippen LogP contribution < -0.4 is 5.32 Å². The van der Waals surface area contributed by atoms with Crippen LogP contribution in [0.25, 0.3) is 0 Å². The van der Waals surface area contributed by atoms with Gasteiger partial charge in [-0.25, -0.2) is 14.8 Å². The molecular weight excluding hydrogens is 326 g/mol. The molecule has 126 valence electrons. The quantitative estimate of drug-likeness (QED) is 0.777. The lowest BCUT2D eigenvalue weighted by atomic mass is 10.2. The summed E-state index contributed by atoms with van der Waals surface area (Å²) in [5.41, 5.74) is 1.51. The van der Waals surface area contributed by atoms with E-state index >= 15 is 0 Å². The maximum atomic E-state index is 12.2. The number of hydrogen-bond acceptors (Lipinski definition) is 5. The van der Waals surface area contributed by atoms with Crippen LogP contribution in [0.4, 0.5) is 5.69 Å². The Morgan fingerprint density at radius 1 is 1.25 bits per heavy atom. The molecule has 0 fully saturated rings. The summed E-state index contributed by atoms with van der Waals surface area (Å²) in [6.07, 6.45) is 3.31. The summed E-state index contributed by atoms with van der Waals surface area (Å²) in [7, 11) is 0. The second-order valence-electron chi connectivity index (χ2n) is 5.36. The average molecular weight is 345 g/mol. The average Bonchev–Trinajstić information content (AvgIpc) is 2.57. The van der Waals surface area contributed by atoms with E-state index in [4.69, 9.17) is 5.11 Å². The number of benzene rings is 1. The number of aromatic nitrogens is 2. The van der Waals surface area contributed by atoms with Crippen LogP contribution in [-0.4, -0.2) is 32.2 Å². The minimum Gasteiger partial charge on any atom is -0.476 e. The number of hydrogen-bond donors (Lipinski definition) is 2. The molecule has 1 amide bonds. The third kappa shape index (κ3) is 4.55. The number of nitrogens with zero attached hydrogens (tertiary/aromatic N) is 2. The molecule has 1 aromatic carbocycles. The molecule has 0 aliphatic carbocycles. The van der Waals surface area contributed by atoms with Crippen LogP contribution in [-0.2, 0) is 0 Å². The smallest absolute Gasteiger partial charge is 0.356 e. The minimum atomic E-state index is -1.18. The van der Waals surface area contributed by atoms with Crippen molar-refractivity contribution in [3.8, 4) is 0 Å². The molecule has 1 heterocycles. The van der Waals surface area contributed by atoms with E-state index < -0.39 is 11.9 Å². The maximum Gasteiger partial charge on any atom is 0.356 e. The summed E-state index contributed by atoms with van der Waals surface area (Å²) >= 11 is 1.80. The van der Waals surface area contributed by atoms with Crippen molar-refractivity contribution in [1.82, 2.24) is 9.97 Å². The van der Waals surface area contributed by atoms with Gasteiger partial charge in [-0.1, -0.05) is 13.8 Å². The van der Waals surface area contributed by atoms with Gasteiger partial charge in [-0.2, -0.15) is 0 Å². The molecule has 0 saturated heterocycles. The number of amides is 1. The van der Waals surface area contributed by atoms with E-state index in [1.54, 1.807) is 11.8 Å². The van der Waals surface area contributed by atoms with E-state index in [0.29, 0.717) is 10.9 Å². The summed E-state index contributed by atoms with van der Waals surface area (Å²) in [5, 5.41) is 12.1. The lowest BCUT2D eigenvalue weighted by Gasteiger charge is -2.12. The molecule has 2 aromatic rings. The predicted molar refractivity (Wildman–Crippen MR) is 93.7 cm³/mol. The van der Waals surface area contributed by atoms with Crippen LogP contribution in [0.5, 0.6) is 0 Å². The Morgan fingerprint density at radius 2 is 1.92 bits per heavy atom. The van der Waals surface area contributed by atoms with Crippen molar-refractivity contribution < 1.29 is 14.7 Å². The predicted octanol–water partition coefficient (Wildman–Crippen LogP) is 3.63. The van der Waals surface area contributed by atoms with Crippen molar-refractivity contribution in [2.24, 2.45) is 0 Å². The zero-order valence-corrected chi connectivity index (χ0v) is 14.6. The number of rotatable bonds is 6. The summed E-state index contributed by atoms with van der Waals surface area (Å²) in [4.78, 5) is 31.6. The highest BCUT2D eigenvalue weighted by atomic mass is 32.2. The van der Waals surface area contributed by atoms with Gasteiger partial charge in [-0.05, 0) is 37.1 Å². The molecule has 1 atom stereocenters. The Balaban J connectivity index is 2.09. The number of carbonyl (C=O) groups excluding carboxylic acids is 1. The first-order chi connectivity index (χ1) is 11.4. The Hall–Kier alpha value is -2.41. The molecule has 0 bridgehead atoms. The molecule has 2 N–H and O–H groups in total. The molecule has 0 radical (unpaired) electrons. The standard InChI is InChI=1S/C17H19N3O3S/c1-4-11(3)24-12-5-6-13(10(2)7-12)20-16(21)14-8-19-15(9-18-14)17(22)23/h5-9,11H,4H2,1-3H3,(H,20,21)(H,22,23). The maximum absolute atomic E-state index is 12.2. The number of carbonyl (C=O) groups is 2. The molecule has 0 saturated carbocycles. The zero-order valence-electron chi connectivity index (χ0n) is 13.7. The van der Waals surface area contributed by atoms with E-state index in [9.17, 15) is 9.59 Å². The lowest BCUT2D eigenvalue weighted by molar-refractivity contribution is 0.0689. The molecule has 6 nitrogen and oxygen atoms in total. The second-order valence-corrected chi connectivity index (χ2v) is 6.87. The highest BCUT2D eigenvalue weighted by Crippen LogP contribution is 2.28. The number of anilines is 1. The number of aromatic carboxylic acids is 1. The molecule has 0 aliphatic heterocycles. The van der Waals surface area contributed by atoms with Crippen molar-refractivity contribution in [2.45, 2.75) is 37.3 Å². The van der Waals surface area contributed by atoms with Crippen LogP contribution in [0, 0.1) is 6.92 Å². The summed E-state index contributed by atoms with van der Waals surface area (Å²) in [6.45, 7) is 6.25. The Bertz CT molecular complexity index is 747. The van der Waals surface area contributed by atoms with Crippen LogP contribution in [0.15, 0.2) is 35.5 Å². The molecule has 0 aliphatic rings. The SMILES string of the molecule is CCC(C)Sc1ccc(NC(=O)c2cnc(C(=O)O)cn2)c(C)c1. The topological polar surface area (TPSA) is 92.2 Å². The Morgan fingerprint density at radius 3 is 2.46 bits per heavy atom. The second kappa shape index (κ2) is 7.92. The van der Waals surface area contributed by atoms with Crippen molar-refractivity contribution in [3.05, 3.63) is 47.5 Å². The minimum absolute atomic E-state index is 0.0671. The number of thioether (sulfide) groups is 1. The van der Waals surface area contributed by atoms with E-state index in [-0.39, 0.29) is 11.4 Å². The molecular formula is C17H19N3O3S. The highest BCUT2D eigenvalue weighted by Gasteiger charge is 2.12. The van der Waals surface area contributed by atoms with E-state index in [1.165, 1.54) is 0 Å². The van der Waals surface area contributed by atoms with Gasteiger partial charge in [0.2, 0.25) is 0 Å². The van der Waals surface area contributed by atoms with Gasteiger partial charge in [0.25, 0.3) is 5.91 Å². The largest absolute Gasteiger partial charge is 0.476 e. The van der Waals surface area contributed by atoms with Crippen molar-refractivity contribution >= 4 is 29.3 Å². The monoisotopic (exact) mass is 345 g/mol. The first-order valence-electron chi connectivity index (χ1n) is 7.54. The van der Waals surface area contributed by atoms with E-state index in [0.717, 1.165) is 29.3 Å². The molecule has 0 spiro atoms. The Labute approximate surface area is 144 Å². The molecule has 1 unspecified atom stereocenters. The van der Waals surface area contributed by atoms with Crippen LogP contribution in [0.1, 0.15) is 46.8 Å². The lowest BCUT2D eigenvalue weighted by Crippen LogP contribution is -2.15. The third-order valence-corrected chi connectivity index (χ3v) is 4.72. The highest BCUT2D eigenvalue weighted by molar-refractivity contribution is 7.99. The molecule has 1 aromatic heterocycles. The van der Waals surface area contributed by atoms with Gasteiger partial charge in [0.05, 0.1) is 12.4 Å². The zero-order chi connectivity index (χ0) is 17.7. The summed E-state index contributed by atoms with van der Waals surface area (Å²) in [6, 6.07) is 5.86.